The molecular formula is C13H23NO2. The Kier molecular flexibility index (Phi) is 5.56. The van der Waals surface area contributed by atoms with Gasteiger partial charge in [0.1, 0.15) is 0 Å². The first kappa shape index (κ1) is 13.3. The summed E-state index contributed by atoms with van der Waals surface area (Å²) >= 11 is 0. The number of ether oxygens (including phenoxy) is 2. The first-order chi connectivity index (χ1) is 7.66. The molecule has 1 rings (SSSR count). The molecule has 3 heteroatoms. The lowest BCUT2D eigenvalue weighted by molar-refractivity contribution is 0.0975. The molecule has 1 aromatic rings. The molecule has 0 saturated heterocycles. The van der Waals surface area contributed by atoms with Gasteiger partial charge in [-0.25, -0.2) is 0 Å². The third kappa shape index (κ3) is 3.65. The Morgan fingerprint density at radius 1 is 1.12 bits per heavy atom. The molecular weight excluding hydrogens is 202 g/mol. The van der Waals surface area contributed by atoms with Crippen molar-refractivity contribution in [3.05, 3.63) is 23.0 Å². The number of hydrogen-bond acceptors (Lipinski definition) is 2. The summed E-state index contributed by atoms with van der Waals surface area (Å²) in [5.41, 5.74) is 4.09. The summed E-state index contributed by atoms with van der Waals surface area (Å²) in [6.07, 6.45) is 3.17. The molecule has 0 aliphatic carbocycles. The lowest BCUT2D eigenvalue weighted by Crippen LogP contribution is -2.08. The second-order valence-corrected chi connectivity index (χ2v) is 4.17. The molecule has 1 aromatic heterocycles. The quantitative estimate of drug-likeness (QED) is 0.665. The molecule has 0 amide bonds. The van der Waals surface area contributed by atoms with Gasteiger partial charge < -0.3 is 14.0 Å². The fourth-order valence-electron chi connectivity index (χ4n) is 1.73. The number of rotatable bonds is 7. The van der Waals surface area contributed by atoms with Crippen LogP contribution in [0.2, 0.25) is 0 Å². The van der Waals surface area contributed by atoms with Crippen LogP contribution in [-0.2, 0) is 16.0 Å². The van der Waals surface area contributed by atoms with Gasteiger partial charge in [0.05, 0.1) is 6.61 Å². The molecule has 0 saturated carbocycles. The van der Waals surface area contributed by atoms with Gasteiger partial charge in [-0.1, -0.05) is 0 Å². The van der Waals surface area contributed by atoms with E-state index in [1.807, 2.05) is 0 Å². The second-order valence-electron chi connectivity index (χ2n) is 4.17. The van der Waals surface area contributed by atoms with Crippen molar-refractivity contribution in [2.45, 2.75) is 33.7 Å². The van der Waals surface area contributed by atoms with Crippen molar-refractivity contribution in [3.8, 4) is 0 Å². The van der Waals surface area contributed by atoms with Crippen LogP contribution in [0.4, 0.5) is 0 Å². The minimum absolute atomic E-state index is 0.776. The van der Waals surface area contributed by atoms with Crippen molar-refractivity contribution >= 4 is 0 Å². The largest absolute Gasteiger partial charge is 0.385 e. The molecule has 0 aliphatic rings. The van der Waals surface area contributed by atoms with Crippen LogP contribution in [0.25, 0.3) is 0 Å². The molecule has 0 aromatic carbocycles. The van der Waals surface area contributed by atoms with E-state index in [4.69, 9.17) is 9.47 Å². The third-order valence-corrected chi connectivity index (χ3v) is 3.03. The van der Waals surface area contributed by atoms with Crippen LogP contribution in [0.15, 0.2) is 6.20 Å². The average molecular weight is 225 g/mol. The molecule has 0 fully saturated rings. The minimum atomic E-state index is 0.776. The first-order valence-corrected chi connectivity index (χ1v) is 5.86. The Bertz CT molecular complexity index is 318. The van der Waals surface area contributed by atoms with E-state index in [2.05, 4.69) is 31.5 Å². The molecule has 0 atom stereocenters. The minimum Gasteiger partial charge on any atom is -0.385 e. The predicted molar refractivity (Wildman–Crippen MR) is 66.0 cm³/mol. The van der Waals surface area contributed by atoms with Crippen molar-refractivity contribution in [1.82, 2.24) is 4.57 Å². The van der Waals surface area contributed by atoms with E-state index in [0.717, 1.165) is 32.8 Å². The Morgan fingerprint density at radius 2 is 1.88 bits per heavy atom. The topological polar surface area (TPSA) is 23.4 Å². The van der Waals surface area contributed by atoms with E-state index in [-0.39, 0.29) is 0 Å². The molecule has 0 unspecified atom stereocenters. The van der Waals surface area contributed by atoms with Crippen molar-refractivity contribution in [2.24, 2.45) is 0 Å². The van der Waals surface area contributed by atoms with E-state index >= 15 is 0 Å². The Hall–Kier alpha value is -0.800. The van der Waals surface area contributed by atoms with Crippen molar-refractivity contribution in [3.63, 3.8) is 0 Å². The molecule has 3 nitrogen and oxygen atoms in total. The molecule has 16 heavy (non-hydrogen) atoms. The van der Waals surface area contributed by atoms with Crippen LogP contribution in [0, 0.1) is 20.8 Å². The van der Waals surface area contributed by atoms with Gasteiger partial charge in [0.2, 0.25) is 0 Å². The number of aryl methyl sites for hydroxylation is 1. The van der Waals surface area contributed by atoms with Crippen LogP contribution < -0.4 is 0 Å². The molecule has 0 bridgehead atoms. The van der Waals surface area contributed by atoms with Crippen molar-refractivity contribution in [2.75, 3.05) is 26.9 Å². The monoisotopic (exact) mass is 225 g/mol. The van der Waals surface area contributed by atoms with Gasteiger partial charge in [0, 0.05) is 38.8 Å². The lowest BCUT2D eigenvalue weighted by atomic mass is 10.2. The van der Waals surface area contributed by atoms with Crippen LogP contribution in [0.1, 0.15) is 23.2 Å². The zero-order valence-electron chi connectivity index (χ0n) is 10.9. The Morgan fingerprint density at radius 3 is 2.44 bits per heavy atom. The van der Waals surface area contributed by atoms with Crippen molar-refractivity contribution in [1.29, 1.82) is 0 Å². The maximum Gasteiger partial charge on any atom is 0.0645 e. The fraction of sp³-hybridized carbons (Fsp3) is 0.692. The summed E-state index contributed by atoms with van der Waals surface area (Å²) in [6.45, 7) is 9.75. The molecule has 0 spiro atoms. The summed E-state index contributed by atoms with van der Waals surface area (Å²) in [5.74, 6) is 0. The maximum absolute atomic E-state index is 5.54. The number of hydrogen-bond donors (Lipinski definition) is 0. The van der Waals surface area contributed by atoms with Gasteiger partial charge in [0.25, 0.3) is 0 Å². The number of aromatic nitrogens is 1. The zero-order chi connectivity index (χ0) is 12.0. The van der Waals surface area contributed by atoms with Gasteiger partial charge in [-0.15, -0.1) is 0 Å². The van der Waals surface area contributed by atoms with Gasteiger partial charge in [0.15, 0.2) is 0 Å². The highest BCUT2D eigenvalue weighted by atomic mass is 16.5. The smallest absolute Gasteiger partial charge is 0.0645 e. The Balaban J connectivity index is 2.24. The van der Waals surface area contributed by atoms with E-state index in [1.165, 1.54) is 16.8 Å². The summed E-state index contributed by atoms with van der Waals surface area (Å²) in [4.78, 5) is 0. The van der Waals surface area contributed by atoms with E-state index in [1.54, 1.807) is 7.11 Å². The molecule has 0 radical (unpaired) electrons. The zero-order valence-corrected chi connectivity index (χ0v) is 10.9. The van der Waals surface area contributed by atoms with Gasteiger partial charge >= 0.3 is 0 Å². The van der Waals surface area contributed by atoms with Gasteiger partial charge in [-0.05, 0) is 38.3 Å². The molecule has 0 N–H and O–H groups in total. The standard InChI is InChI=1S/C13H23NO2/c1-11-10-14(13(3)12(11)2)6-9-16-8-5-7-15-4/h10H,5-9H2,1-4H3. The summed E-state index contributed by atoms with van der Waals surface area (Å²) in [6, 6.07) is 0. The van der Waals surface area contributed by atoms with E-state index in [9.17, 15) is 0 Å². The highest BCUT2D eigenvalue weighted by Crippen LogP contribution is 2.14. The maximum atomic E-state index is 5.54. The number of nitrogens with zero attached hydrogens (tertiary/aromatic N) is 1. The molecule has 1 heterocycles. The van der Waals surface area contributed by atoms with Crippen LogP contribution in [0.3, 0.4) is 0 Å². The highest BCUT2D eigenvalue weighted by molar-refractivity contribution is 5.28. The summed E-state index contributed by atoms with van der Waals surface area (Å²) in [7, 11) is 1.72. The van der Waals surface area contributed by atoms with Crippen molar-refractivity contribution < 1.29 is 9.47 Å². The lowest BCUT2D eigenvalue weighted by Gasteiger charge is -2.07. The normalized spacial score (nSPS) is 11.0. The van der Waals surface area contributed by atoms with Crippen LogP contribution in [0.5, 0.6) is 0 Å². The van der Waals surface area contributed by atoms with Crippen LogP contribution in [-0.4, -0.2) is 31.5 Å². The molecule has 92 valence electrons. The average Bonchev–Trinajstić information content (AvgIpc) is 2.51. The van der Waals surface area contributed by atoms with Gasteiger partial charge in [-0.2, -0.15) is 0 Å². The SMILES string of the molecule is COCCCOCCn1cc(C)c(C)c1C. The van der Waals surface area contributed by atoms with E-state index in [0.29, 0.717) is 0 Å². The third-order valence-electron chi connectivity index (χ3n) is 3.03. The molecule has 0 aliphatic heterocycles. The van der Waals surface area contributed by atoms with E-state index < -0.39 is 0 Å². The van der Waals surface area contributed by atoms with Gasteiger partial charge in [-0.3, -0.25) is 0 Å². The first-order valence-electron chi connectivity index (χ1n) is 5.86. The number of methoxy groups -OCH3 is 1. The second kappa shape index (κ2) is 6.71. The Labute approximate surface area is 98.4 Å². The summed E-state index contributed by atoms with van der Waals surface area (Å²) < 4.78 is 12.8. The van der Waals surface area contributed by atoms with Crippen LogP contribution >= 0.6 is 0 Å². The predicted octanol–water partition coefficient (Wildman–Crippen LogP) is 2.47. The fourth-order valence-corrected chi connectivity index (χ4v) is 1.73. The summed E-state index contributed by atoms with van der Waals surface area (Å²) in [5, 5.41) is 0. The highest BCUT2D eigenvalue weighted by Gasteiger charge is 2.04.